The normalized spacial score (nSPS) is 23.3. The minimum absolute atomic E-state index is 0.0164. The largest absolute Gasteiger partial charge is 0.717 e. The Hall–Kier alpha value is -4.33. The van der Waals surface area contributed by atoms with Crippen molar-refractivity contribution in [3.63, 3.8) is 0 Å². The molecule has 2 bridgehead atoms. The summed E-state index contributed by atoms with van der Waals surface area (Å²) in [5.41, 5.74) is -1.02. The van der Waals surface area contributed by atoms with Crippen LogP contribution in [0.3, 0.4) is 0 Å². The molecule has 1 aromatic carbocycles. The van der Waals surface area contributed by atoms with Gasteiger partial charge in [0.15, 0.2) is 0 Å². The van der Waals surface area contributed by atoms with Crippen molar-refractivity contribution in [2.45, 2.75) is 57.1 Å². The zero-order valence-corrected chi connectivity index (χ0v) is 22.5. The Balaban J connectivity index is 1.65. The third-order valence-electron chi connectivity index (χ3n) is 6.79. The van der Waals surface area contributed by atoms with Gasteiger partial charge in [0, 0.05) is 36.6 Å². The summed E-state index contributed by atoms with van der Waals surface area (Å²) in [4.78, 5) is 72.9. The van der Waals surface area contributed by atoms with E-state index >= 15 is 0 Å². The lowest BCUT2D eigenvalue weighted by molar-refractivity contribution is -0.201. The second-order valence-electron chi connectivity index (χ2n) is 10.3. The van der Waals surface area contributed by atoms with Gasteiger partial charge in [-0.3, -0.25) is 24.2 Å². The first-order valence-electron chi connectivity index (χ1n) is 13.0. The molecule has 2 fully saturated rings. The number of aromatic nitrogens is 2. The van der Waals surface area contributed by atoms with Gasteiger partial charge in [-0.2, -0.15) is 0 Å². The maximum Gasteiger partial charge on any atom is 0.594 e. The van der Waals surface area contributed by atoms with Crippen LogP contribution < -0.4 is 16.0 Å². The van der Waals surface area contributed by atoms with Crippen molar-refractivity contribution in [3.8, 4) is 0 Å². The standard InChI is InChI=1S/C26H32BN5O8/c1-16(2)11-20(27-38-21(33)13-26(40-27,25(37)28-3)14-22(34)39-27)32-23(35)18(12-17-7-5-4-6-8-17)31-24(36)19-15-29-9-10-30-19/h4-10,15-16,18,20,38H,11-14H2,1-3H3,(H,28,37)(H,31,36)(H,32,35)/t18-,20-,26-,27?/m0/s1. The number of carbonyl (C=O) groups is 5. The Morgan fingerprint density at radius 3 is 2.50 bits per heavy atom. The van der Waals surface area contributed by atoms with Crippen LogP contribution >= 0.6 is 0 Å². The number of rotatable bonds is 10. The lowest BCUT2D eigenvalue weighted by Gasteiger charge is -2.55. The maximum absolute atomic E-state index is 13.8. The molecule has 0 spiro atoms. The molecule has 2 aromatic rings. The Bertz CT molecular complexity index is 1260. The van der Waals surface area contributed by atoms with Crippen LogP contribution in [0.25, 0.3) is 0 Å². The number of hydrogen-bond donors (Lipinski definition) is 3. The summed E-state index contributed by atoms with van der Waals surface area (Å²) in [6, 6.07) is 7.95. The van der Waals surface area contributed by atoms with Crippen molar-refractivity contribution >= 4 is 36.4 Å². The number of amides is 3. The van der Waals surface area contributed by atoms with Gasteiger partial charge in [0.25, 0.3) is 11.9 Å². The highest BCUT2D eigenvalue weighted by Gasteiger charge is 2.65. The highest BCUT2D eigenvalue weighted by atomic mass is 16.8. The number of nitrogens with zero attached hydrogens (tertiary/aromatic N) is 2. The third-order valence-corrected chi connectivity index (χ3v) is 6.79. The molecule has 2 aliphatic rings. The fourth-order valence-corrected chi connectivity index (χ4v) is 5.03. The van der Waals surface area contributed by atoms with Gasteiger partial charge in [-0.05, 0) is 11.5 Å². The smallest absolute Gasteiger partial charge is 0.594 e. The number of carbonyl (C=O) groups excluding carboxylic acids is 4. The van der Waals surface area contributed by atoms with E-state index in [0.29, 0.717) is 0 Å². The Kier molecular flexibility index (Phi) is 8.47. The third kappa shape index (κ3) is 6.28. The minimum atomic E-state index is -3.14. The summed E-state index contributed by atoms with van der Waals surface area (Å²) < 4.78 is 15.7. The van der Waals surface area contributed by atoms with E-state index in [1.165, 1.54) is 25.6 Å². The summed E-state index contributed by atoms with van der Waals surface area (Å²) >= 11 is 0. The average molecular weight is 553 g/mol. The van der Waals surface area contributed by atoms with Crippen molar-refractivity contribution in [2.24, 2.45) is 5.92 Å². The lowest BCUT2D eigenvalue weighted by Crippen LogP contribution is -2.77. The van der Waals surface area contributed by atoms with Gasteiger partial charge in [0.2, 0.25) is 11.8 Å². The summed E-state index contributed by atoms with van der Waals surface area (Å²) in [6.45, 7) is 0.594. The highest BCUT2D eigenvalue weighted by molar-refractivity contribution is 6.66. The van der Waals surface area contributed by atoms with Gasteiger partial charge in [0.1, 0.15) is 23.8 Å². The van der Waals surface area contributed by atoms with Crippen LogP contribution in [-0.2, 0) is 34.9 Å². The van der Waals surface area contributed by atoms with Gasteiger partial charge in [-0.1, -0.05) is 50.6 Å². The molecule has 4 rings (SSSR count). The lowest BCUT2D eigenvalue weighted by atomic mass is 9.61. The fourth-order valence-electron chi connectivity index (χ4n) is 5.03. The average Bonchev–Trinajstić information content (AvgIpc) is 2.91. The van der Waals surface area contributed by atoms with E-state index in [4.69, 9.17) is 9.31 Å². The number of nitrogens with one attached hydrogen (secondary N) is 3. The molecular weight excluding hydrogens is 521 g/mol. The van der Waals surface area contributed by atoms with Crippen molar-refractivity contribution in [1.82, 2.24) is 25.9 Å². The molecule has 1 aromatic heterocycles. The zero-order chi connectivity index (χ0) is 28.9. The first kappa shape index (κ1) is 28.7. The van der Waals surface area contributed by atoms with E-state index in [1.807, 2.05) is 32.0 Å². The molecule has 4 N–H and O–H groups in total. The van der Waals surface area contributed by atoms with Crippen molar-refractivity contribution in [1.29, 1.82) is 0 Å². The summed E-state index contributed by atoms with van der Waals surface area (Å²) in [5, 5.41) is 7.95. The van der Waals surface area contributed by atoms with E-state index in [0.717, 1.165) is 5.56 Å². The second kappa shape index (κ2) is 11.8. The van der Waals surface area contributed by atoms with Crippen LogP contribution in [0.2, 0.25) is 0 Å². The van der Waals surface area contributed by atoms with Crippen molar-refractivity contribution < 1.29 is 37.9 Å². The number of hydrogen-bond acceptors (Lipinski definition) is 9. The molecule has 212 valence electrons. The Morgan fingerprint density at radius 2 is 1.85 bits per heavy atom. The van der Waals surface area contributed by atoms with Gasteiger partial charge in [-0.25, -0.2) is 4.98 Å². The molecule has 1 unspecified atom stereocenters. The van der Waals surface area contributed by atoms with Crippen molar-refractivity contribution in [2.75, 3.05) is 7.05 Å². The van der Waals surface area contributed by atoms with Crippen LogP contribution in [0.5, 0.6) is 0 Å². The van der Waals surface area contributed by atoms with Crippen LogP contribution in [0.4, 0.5) is 0 Å². The molecule has 13 nitrogen and oxygen atoms in total. The zero-order valence-electron chi connectivity index (χ0n) is 22.5. The molecule has 3 heterocycles. The predicted octanol–water partition coefficient (Wildman–Crippen LogP) is -0.267. The van der Waals surface area contributed by atoms with Crippen molar-refractivity contribution in [3.05, 3.63) is 60.2 Å². The summed E-state index contributed by atoms with van der Waals surface area (Å²) in [5.74, 6) is -4.54. The molecule has 2 aliphatic heterocycles. The quantitative estimate of drug-likeness (QED) is 0.264. The minimum Gasteiger partial charge on any atom is -0.717 e. The topological polar surface area (TPSA) is 178 Å². The Labute approximate surface area is 230 Å². The van der Waals surface area contributed by atoms with Crippen LogP contribution in [0.1, 0.15) is 49.2 Å². The second-order valence-corrected chi connectivity index (χ2v) is 10.3. The van der Waals surface area contributed by atoms with E-state index in [2.05, 4.69) is 30.6 Å². The number of carboxylic acids is 1. The molecule has 0 radical (unpaired) electrons. The monoisotopic (exact) mass is 553 g/mol. The molecule has 14 heteroatoms. The molecule has 2 saturated heterocycles. The van der Waals surface area contributed by atoms with Gasteiger partial charge >= 0.3 is 12.7 Å². The number of fused-ring (bicyclic) bond motifs is 2. The number of benzene rings is 1. The van der Waals surface area contributed by atoms with Gasteiger partial charge in [0.05, 0.1) is 12.6 Å². The molecule has 3 amide bonds. The van der Waals surface area contributed by atoms with Crippen LogP contribution in [0, 0.1) is 5.92 Å². The van der Waals surface area contributed by atoms with E-state index in [9.17, 15) is 24.0 Å². The highest BCUT2D eigenvalue weighted by Crippen LogP contribution is 2.39. The van der Waals surface area contributed by atoms with E-state index in [-0.39, 0.29) is 24.5 Å². The first-order chi connectivity index (χ1) is 19.1. The molecular formula is C26H32BN5O8. The SMILES string of the molecule is CNC(=O)[C@]12CC(=O)O[B-]([C@H](CC(C)C)NC(=O)[C@H](Cc3ccccc3)NC(=O)c3cnccn3)(O1)[OH+]C(=O)C2. The molecule has 40 heavy (non-hydrogen) atoms. The predicted molar refractivity (Wildman–Crippen MR) is 141 cm³/mol. The van der Waals surface area contributed by atoms with Gasteiger partial charge < -0.3 is 29.9 Å². The molecule has 0 aliphatic carbocycles. The number of aliphatic carboxylic acids is 1. The molecule has 0 saturated carbocycles. The first-order valence-corrected chi connectivity index (χ1v) is 13.0. The summed E-state index contributed by atoms with van der Waals surface area (Å²) in [6.07, 6.45) is 3.46. The van der Waals surface area contributed by atoms with Crippen LogP contribution in [0.15, 0.2) is 48.9 Å². The van der Waals surface area contributed by atoms with Crippen LogP contribution in [-0.4, -0.2) is 75.7 Å². The summed E-state index contributed by atoms with van der Waals surface area (Å²) in [7, 11) is 1.37. The van der Waals surface area contributed by atoms with Gasteiger partial charge in [-0.15, -0.1) is 0 Å². The maximum atomic E-state index is 13.8. The molecule has 4 atom stereocenters. The fraction of sp³-hybridized carbons (Fsp3) is 0.423. The Morgan fingerprint density at radius 1 is 1.10 bits per heavy atom. The van der Waals surface area contributed by atoms with E-state index in [1.54, 1.807) is 12.1 Å². The van der Waals surface area contributed by atoms with E-state index < -0.39 is 66.8 Å². The number of likely N-dealkylation sites (N-methyl/N-ethyl adjacent to an activating group) is 1.